The van der Waals surface area contributed by atoms with Gasteiger partial charge in [0.15, 0.2) is 11.7 Å². The predicted octanol–water partition coefficient (Wildman–Crippen LogP) is 3.76. The number of halogens is 2. The molecule has 2 aromatic rings. The van der Waals surface area contributed by atoms with Gasteiger partial charge < -0.3 is 10.1 Å². The first-order valence-electron chi connectivity index (χ1n) is 9.02. The monoisotopic (exact) mass is 565 g/mol. The van der Waals surface area contributed by atoms with E-state index in [1.54, 1.807) is 12.1 Å². The van der Waals surface area contributed by atoms with Crippen molar-refractivity contribution in [2.45, 2.75) is 13.8 Å². The molecule has 0 aromatic heterocycles. The summed E-state index contributed by atoms with van der Waals surface area (Å²) in [6.45, 7) is 3.71. The van der Waals surface area contributed by atoms with Crippen LogP contribution in [-0.4, -0.2) is 29.4 Å². The molecule has 1 saturated heterocycles. The van der Waals surface area contributed by atoms with E-state index in [0.717, 1.165) is 16.8 Å². The molecular weight excluding hydrogens is 550 g/mol. The summed E-state index contributed by atoms with van der Waals surface area (Å²) in [5.74, 6) is -1.05. The van der Waals surface area contributed by atoms with Gasteiger partial charge in [-0.25, -0.2) is 0 Å². The first-order valence-corrected chi connectivity index (χ1v) is 11.0. The van der Waals surface area contributed by atoms with Crippen molar-refractivity contribution in [2.75, 3.05) is 11.9 Å². The number of carbonyl (C=O) groups excluding carboxylic acids is 3. The minimum Gasteiger partial charge on any atom is -0.481 e. The van der Waals surface area contributed by atoms with Crippen LogP contribution < -0.4 is 20.7 Å². The summed E-state index contributed by atoms with van der Waals surface area (Å²) in [5.41, 5.74) is 3.30. The normalized spacial score (nSPS) is 13.4. The lowest BCUT2D eigenvalue weighted by molar-refractivity contribution is -0.123. The Morgan fingerprint density at radius 2 is 1.74 bits per heavy atom. The predicted molar refractivity (Wildman–Crippen MR) is 129 cm³/mol. The van der Waals surface area contributed by atoms with Crippen LogP contribution in [0.3, 0.4) is 0 Å². The number of carbonyl (C=O) groups is 3. The molecule has 1 heterocycles. The molecule has 10 heteroatoms. The molecule has 0 spiro atoms. The Kier molecular flexibility index (Phi) is 7.24. The maximum absolute atomic E-state index is 12.3. The fourth-order valence-corrected chi connectivity index (χ4v) is 4.42. The number of rotatable bonds is 5. The van der Waals surface area contributed by atoms with Crippen LogP contribution in [0.5, 0.6) is 5.75 Å². The molecule has 7 nitrogen and oxygen atoms in total. The highest BCUT2D eigenvalue weighted by Crippen LogP contribution is 2.35. The third-order valence-corrected chi connectivity index (χ3v) is 5.88. The maximum Gasteiger partial charge on any atom is 0.263 e. The summed E-state index contributed by atoms with van der Waals surface area (Å²) in [7, 11) is 0. The van der Waals surface area contributed by atoms with Gasteiger partial charge in [-0.15, -0.1) is 0 Å². The van der Waals surface area contributed by atoms with Crippen LogP contribution in [-0.2, 0) is 14.4 Å². The van der Waals surface area contributed by atoms with Gasteiger partial charge in [-0.2, -0.15) is 0 Å². The molecule has 2 aromatic carbocycles. The average Bonchev–Trinajstić information content (AvgIpc) is 2.67. The highest BCUT2D eigenvalue weighted by atomic mass is 79.9. The number of benzene rings is 2. The van der Waals surface area contributed by atoms with Gasteiger partial charge >= 0.3 is 0 Å². The second kappa shape index (κ2) is 9.71. The van der Waals surface area contributed by atoms with Crippen LogP contribution in [0.25, 0.3) is 6.08 Å². The second-order valence-corrected chi connectivity index (χ2v) is 8.81. The molecule has 160 valence electrons. The van der Waals surface area contributed by atoms with E-state index in [-0.39, 0.29) is 23.2 Å². The third kappa shape index (κ3) is 5.57. The zero-order valence-electron chi connectivity index (χ0n) is 16.5. The number of aryl methyl sites for hydroxylation is 1. The van der Waals surface area contributed by atoms with Crippen molar-refractivity contribution in [1.82, 2.24) is 10.6 Å². The smallest absolute Gasteiger partial charge is 0.263 e. The van der Waals surface area contributed by atoms with Crippen molar-refractivity contribution in [3.63, 3.8) is 0 Å². The number of ether oxygens (including phenoxy) is 1. The molecule has 3 amide bonds. The zero-order valence-corrected chi connectivity index (χ0v) is 20.5. The minimum absolute atomic E-state index is 0.0302. The van der Waals surface area contributed by atoms with E-state index in [0.29, 0.717) is 20.3 Å². The molecule has 0 bridgehead atoms. The van der Waals surface area contributed by atoms with Gasteiger partial charge in [0, 0.05) is 5.69 Å². The van der Waals surface area contributed by atoms with Crippen molar-refractivity contribution < 1.29 is 19.1 Å². The van der Waals surface area contributed by atoms with Crippen LogP contribution in [0.15, 0.2) is 44.9 Å². The average molecular weight is 567 g/mol. The lowest BCUT2D eigenvalue weighted by Crippen LogP contribution is -2.51. The molecule has 0 unspecified atom stereocenters. The molecule has 1 fully saturated rings. The Bertz CT molecular complexity index is 1100. The lowest BCUT2D eigenvalue weighted by atomic mass is 10.1. The van der Waals surface area contributed by atoms with E-state index in [4.69, 9.17) is 17.0 Å². The molecular formula is C21H17Br2N3O4S. The van der Waals surface area contributed by atoms with Crippen molar-refractivity contribution >= 4 is 78.7 Å². The Labute approximate surface area is 200 Å². The molecule has 0 atom stereocenters. The van der Waals surface area contributed by atoms with E-state index in [9.17, 15) is 14.4 Å². The van der Waals surface area contributed by atoms with Gasteiger partial charge in [-0.3, -0.25) is 25.0 Å². The van der Waals surface area contributed by atoms with E-state index in [1.807, 2.05) is 32.0 Å². The summed E-state index contributed by atoms with van der Waals surface area (Å²) in [6.07, 6.45) is 1.43. The fraction of sp³-hybridized carbons (Fsp3) is 0.143. The summed E-state index contributed by atoms with van der Waals surface area (Å²) < 4.78 is 6.75. The number of hydrogen-bond donors (Lipinski definition) is 3. The summed E-state index contributed by atoms with van der Waals surface area (Å²) in [4.78, 5) is 36.3. The van der Waals surface area contributed by atoms with Crippen LogP contribution in [0.2, 0.25) is 0 Å². The third-order valence-electron chi connectivity index (χ3n) is 4.50. The first kappa shape index (κ1) is 23.1. The van der Waals surface area contributed by atoms with E-state index in [1.165, 1.54) is 6.08 Å². The molecule has 31 heavy (non-hydrogen) atoms. The topological polar surface area (TPSA) is 96.5 Å². The van der Waals surface area contributed by atoms with Gasteiger partial charge in [0.25, 0.3) is 17.7 Å². The number of nitrogens with one attached hydrogen (secondary N) is 3. The molecule has 0 radical (unpaired) electrons. The zero-order chi connectivity index (χ0) is 22.7. The molecule has 1 aliphatic rings. The maximum atomic E-state index is 12.3. The largest absolute Gasteiger partial charge is 0.481 e. The number of hydrogen-bond acceptors (Lipinski definition) is 5. The standard InChI is InChI=1S/C21H17Br2N3O4S/c1-10-4-3-5-16(11(10)2)24-17(27)9-30-18-14(22)7-12(8-15(18)23)6-13-19(28)25-21(31)26-20(13)29/h3-8H,9H2,1-2H3,(H,24,27)(H2,25,26,28,29,31). The van der Waals surface area contributed by atoms with Gasteiger partial charge in [-0.1, -0.05) is 12.1 Å². The Hall–Kier alpha value is -2.56. The van der Waals surface area contributed by atoms with Crippen LogP contribution in [0, 0.1) is 13.8 Å². The Morgan fingerprint density at radius 1 is 1.13 bits per heavy atom. The van der Waals surface area contributed by atoms with E-state index in [2.05, 4.69) is 47.8 Å². The Balaban J connectivity index is 1.72. The molecule has 3 N–H and O–H groups in total. The highest BCUT2D eigenvalue weighted by Gasteiger charge is 2.26. The second-order valence-electron chi connectivity index (χ2n) is 6.69. The molecule has 0 aliphatic carbocycles. The van der Waals surface area contributed by atoms with Gasteiger partial charge in [0.2, 0.25) is 0 Å². The number of anilines is 1. The fourth-order valence-electron chi connectivity index (χ4n) is 2.78. The Morgan fingerprint density at radius 3 is 2.35 bits per heavy atom. The summed E-state index contributed by atoms with van der Waals surface area (Å²) in [5, 5.41) is 7.57. The quantitative estimate of drug-likeness (QED) is 0.291. The van der Waals surface area contributed by atoms with Crippen molar-refractivity contribution in [3.8, 4) is 5.75 Å². The van der Waals surface area contributed by atoms with Crippen molar-refractivity contribution in [1.29, 1.82) is 0 Å². The van der Waals surface area contributed by atoms with Crippen LogP contribution in [0.1, 0.15) is 16.7 Å². The molecule has 3 rings (SSSR count). The first-order chi connectivity index (χ1) is 14.7. The summed E-state index contributed by atoms with van der Waals surface area (Å²) in [6, 6.07) is 9.02. The number of thiocarbonyl (C=S) groups is 1. The van der Waals surface area contributed by atoms with Crippen LogP contribution >= 0.6 is 44.1 Å². The van der Waals surface area contributed by atoms with E-state index < -0.39 is 11.8 Å². The van der Waals surface area contributed by atoms with Gasteiger partial charge in [0.05, 0.1) is 8.95 Å². The summed E-state index contributed by atoms with van der Waals surface area (Å²) >= 11 is 11.6. The van der Waals surface area contributed by atoms with Gasteiger partial charge in [-0.05, 0) is 98.9 Å². The SMILES string of the molecule is Cc1cccc(NC(=O)COc2c(Br)cc(C=C3C(=O)NC(=S)NC3=O)cc2Br)c1C. The highest BCUT2D eigenvalue weighted by molar-refractivity contribution is 9.11. The molecule has 1 aliphatic heterocycles. The van der Waals surface area contributed by atoms with Crippen molar-refractivity contribution in [2.24, 2.45) is 0 Å². The van der Waals surface area contributed by atoms with E-state index >= 15 is 0 Å². The van der Waals surface area contributed by atoms with Crippen LogP contribution in [0.4, 0.5) is 5.69 Å². The van der Waals surface area contributed by atoms with Gasteiger partial charge in [0.1, 0.15) is 11.3 Å². The number of amides is 3. The molecule has 0 saturated carbocycles. The minimum atomic E-state index is -0.579. The van der Waals surface area contributed by atoms with Crippen molar-refractivity contribution in [3.05, 3.63) is 61.5 Å². The lowest BCUT2D eigenvalue weighted by Gasteiger charge is -2.17.